The second kappa shape index (κ2) is 9.05. The zero-order chi connectivity index (χ0) is 18.2. The summed E-state index contributed by atoms with van der Waals surface area (Å²) >= 11 is 0. The van der Waals surface area contributed by atoms with E-state index in [2.05, 4.69) is 46.9 Å². The molecular formula is C20H30N4O2. The minimum atomic E-state index is -0.0199. The van der Waals surface area contributed by atoms with Crippen molar-refractivity contribution >= 4 is 16.9 Å². The summed E-state index contributed by atoms with van der Waals surface area (Å²) < 4.78 is 5.55. The van der Waals surface area contributed by atoms with Crippen molar-refractivity contribution in [3.05, 3.63) is 36.0 Å². The van der Waals surface area contributed by atoms with Gasteiger partial charge in [-0.25, -0.2) is 0 Å². The Morgan fingerprint density at radius 2 is 2.23 bits per heavy atom. The molecule has 3 rings (SSSR count). The van der Waals surface area contributed by atoms with Crippen molar-refractivity contribution in [3.63, 3.8) is 0 Å². The first-order chi connectivity index (χ1) is 12.8. The highest BCUT2D eigenvalue weighted by molar-refractivity contribution is 5.83. The van der Waals surface area contributed by atoms with Gasteiger partial charge >= 0.3 is 0 Å². The van der Waals surface area contributed by atoms with Crippen molar-refractivity contribution in [1.82, 2.24) is 15.6 Å². The lowest BCUT2D eigenvalue weighted by Gasteiger charge is -2.24. The number of nitrogens with one attached hydrogen (secondary N) is 3. The summed E-state index contributed by atoms with van der Waals surface area (Å²) in [5, 5.41) is 17.4. The average molecular weight is 358 g/mol. The van der Waals surface area contributed by atoms with E-state index < -0.39 is 0 Å². The maximum absolute atomic E-state index is 9.36. The number of aliphatic hydroxyl groups is 1. The molecule has 1 unspecified atom stereocenters. The largest absolute Gasteiger partial charge is 0.396 e. The summed E-state index contributed by atoms with van der Waals surface area (Å²) in [4.78, 5) is 8.08. The molecule has 0 spiro atoms. The van der Waals surface area contributed by atoms with E-state index in [0.29, 0.717) is 13.2 Å². The van der Waals surface area contributed by atoms with Gasteiger partial charge in [-0.1, -0.05) is 18.2 Å². The number of aliphatic hydroxyl groups excluding tert-OH is 1. The van der Waals surface area contributed by atoms with Crippen LogP contribution in [0.5, 0.6) is 0 Å². The predicted octanol–water partition coefficient (Wildman–Crippen LogP) is 2.05. The van der Waals surface area contributed by atoms with E-state index in [1.54, 1.807) is 0 Å². The zero-order valence-corrected chi connectivity index (χ0v) is 15.6. The number of para-hydroxylation sites is 1. The summed E-state index contributed by atoms with van der Waals surface area (Å²) in [7, 11) is 0. The predicted molar refractivity (Wildman–Crippen MR) is 106 cm³/mol. The van der Waals surface area contributed by atoms with Crippen LogP contribution >= 0.6 is 0 Å². The Kier molecular flexibility index (Phi) is 6.52. The minimum absolute atomic E-state index is 0.0199. The van der Waals surface area contributed by atoms with Crippen LogP contribution in [0.1, 0.15) is 25.3 Å². The molecular weight excluding hydrogens is 328 g/mol. The molecule has 0 radical (unpaired) electrons. The number of nitrogens with zero attached hydrogens (tertiary/aromatic N) is 1. The van der Waals surface area contributed by atoms with Crippen LogP contribution in [-0.2, 0) is 11.2 Å². The second-order valence-corrected chi connectivity index (χ2v) is 7.01. The number of ether oxygens (including phenoxy) is 1. The number of hydrogen-bond acceptors (Lipinski definition) is 3. The molecule has 6 heteroatoms. The van der Waals surface area contributed by atoms with E-state index in [1.807, 2.05) is 6.07 Å². The van der Waals surface area contributed by atoms with Crippen LogP contribution in [0.3, 0.4) is 0 Å². The lowest BCUT2D eigenvalue weighted by atomic mass is 9.84. The number of aromatic amines is 1. The molecule has 6 nitrogen and oxygen atoms in total. The molecule has 2 heterocycles. The summed E-state index contributed by atoms with van der Waals surface area (Å²) in [6.45, 7) is 6.02. The van der Waals surface area contributed by atoms with Gasteiger partial charge in [0.05, 0.1) is 13.2 Å². The third-order valence-electron chi connectivity index (χ3n) is 5.11. The van der Waals surface area contributed by atoms with Crippen molar-refractivity contribution in [3.8, 4) is 0 Å². The molecule has 1 aromatic heterocycles. The van der Waals surface area contributed by atoms with Gasteiger partial charge in [0.15, 0.2) is 5.96 Å². The second-order valence-electron chi connectivity index (χ2n) is 7.01. The topological polar surface area (TPSA) is 81.7 Å². The Bertz CT molecular complexity index is 719. The van der Waals surface area contributed by atoms with Gasteiger partial charge in [-0.3, -0.25) is 4.99 Å². The van der Waals surface area contributed by atoms with Crippen molar-refractivity contribution in [2.75, 3.05) is 39.5 Å². The van der Waals surface area contributed by atoms with Crippen LogP contribution < -0.4 is 10.6 Å². The highest BCUT2D eigenvalue weighted by atomic mass is 16.5. The van der Waals surface area contributed by atoms with Gasteiger partial charge in [-0.05, 0) is 37.8 Å². The number of hydrogen-bond donors (Lipinski definition) is 4. The number of benzene rings is 1. The Balaban J connectivity index is 1.57. The number of rotatable bonds is 8. The van der Waals surface area contributed by atoms with Crippen LogP contribution in [0.2, 0.25) is 0 Å². The summed E-state index contributed by atoms with van der Waals surface area (Å²) in [5.41, 5.74) is 2.47. The van der Waals surface area contributed by atoms with Crippen molar-refractivity contribution < 1.29 is 9.84 Å². The van der Waals surface area contributed by atoms with Crippen molar-refractivity contribution in [2.45, 2.75) is 26.2 Å². The van der Waals surface area contributed by atoms with E-state index in [1.165, 1.54) is 16.5 Å². The normalized spacial score (nSPS) is 20.6. The number of aliphatic imine (C=N–C) groups is 1. The first-order valence-electron chi connectivity index (χ1n) is 9.52. The van der Waals surface area contributed by atoms with Crippen molar-refractivity contribution in [2.24, 2.45) is 10.4 Å². The summed E-state index contributed by atoms with van der Waals surface area (Å²) in [6.07, 6.45) is 4.72. The Hall–Kier alpha value is -2.05. The molecule has 1 aliphatic heterocycles. The van der Waals surface area contributed by atoms with E-state index in [-0.39, 0.29) is 12.0 Å². The molecule has 0 amide bonds. The van der Waals surface area contributed by atoms with Crippen LogP contribution in [0.15, 0.2) is 35.5 Å². The molecule has 2 aromatic rings. The maximum atomic E-state index is 9.36. The van der Waals surface area contributed by atoms with E-state index >= 15 is 0 Å². The fraction of sp³-hybridized carbons (Fsp3) is 0.550. The molecule has 4 N–H and O–H groups in total. The highest BCUT2D eigenvalue weighted by Crippen LogP contribution is 2.32. The molecule has 0 bridgehead atoms. The molecule has 0 aliphatic carbocycles. The quantitative estimate of drug-likeness (QED) is 0.430. The van der Waals surface area contributed by atoms with E-state index in [9.17, 15) is 5.11 Å². The van der Waals surface area contributed by atoms with Gasteiger partial charge < -0.3 is 25.5 Å². The van der Waals surface area contributed by atoms with Gasteiger partial charge in [-0.15, -0.1) is 0 Å². The zero-order valence-electron chi connectivity index (χ0n) is 15.6. The maximum Gasteiger partial charge on any atom is 0.191 e. The SMILES string of the molecule is CCNC(=NCC1(CCO)CCOC1)NCCc1c[nH]c2ccccc12. The number of aromatic nitrogens is 1. The first kappa shape index (κ1) is 18.7. The molecule has 0 saturated carbocycles. The van der Waals surface area contributed by atoms with Crippen LogP contribution in [0.4, 0.5) is 0 Å². The standard InChI is InChI=1S/C20H30N4O2/c1-2-21-19(24-14-20(8-11-25)9-12-26-15-20)22-10-7-16-13-23-18-6-4-3-5-17(16)18/h3-6,13,23,25H,2,7-12,14-15H2,1H3,(H2,21,22,24). The molecule has 1 aliphatic rings. The number of H-pyrrole nitrogens is 1. The minimum Gasteiger partial charge on any atom is -0.396 e. The lowest BCUT2D eigenvalue weighted by Crippen LogP contribution is -2.39. The Morgan fingerprint density at radius 1 is 1.35 bits per heavy atom. The summed E-state index contributed by atoms with van der Waals surface area (Å²) in [6, 6.07) is 8.37. The summed E-state index contributed by atoms with van der Waals surface area (Å²) in [5.74, 6) is 0.830. The monoisotopic (exact) mass is 358 g/mol. The number of guanidine groups is 1. The molecule has 1 aromatic carbocycles. The van der Waals surface area contributed by atoms with Crippen molar-refractivity contribution in [1.29, 1.82) is 0 Å². The lowest BCUT2D eigenvalue weighted by molar-refractivity contribution is 0.131. The van der Waals surface area contributed by atoms with E-state index in [4.69, 9.17) is 9.73 Å². The van der Waals surface area contributed by atoms with Gasteiger partial charge in [0, 0.05) is 48.8 Å². The van der Waals surface area contributed by atoms with Crippen LogP contribution in [-0.4, -0.2) is 55.5 Å². The Labute approximate surface area is 155 Å². The molecule has 142 valence electrons. The number of fused-ring (bicyclic) bond motifs is 1. The van der Waals surface area contributed by atoms with E-state index in [0.717, 1.165) is 44.9 Å². The van der Waals surface area contributed by atoms with Gasteiger partial charge in [0.1, 0.15) is 0 Å². The average Bonchev–Trinajstić information content (AvgIpc) is 3.28. The smallest absolute Gasteiger partial charge is 0.191 e. The van der Waals surface area contributed by atoms with Crippen LogP contribution in [0, 0.1) is 5.41 Å². The molecule has 26 heavy (non-hydrogen) atoms. The fourth-order valence-electron chi connectivity index (χ4n) is 3.53. The van der Waals surface area contributed by atoms with Gasteiger partial charge in [-0.2, -0.15) is 0 Å². The Morgan fingerprint density at radius 3 is 3.00 bits per heavy atom. The highest BCUT2D eigenvalue weighted by Gasteiger charge is 2.34. The first-order valence-corrected chi connectivity index (χ1v) is 9.52. The molecule has 1 fully saturated rings. The van der Waals surface area contributed by atoms with Gasteiger partial charge in [0.2, 0.25) is 0 Å². The third kappa shape index (κ3) is 4.56. The van der Waals surface area contributed by atoms with Crippen LogP contribution in [0.25, 0.3) is 10.9 Å². The van der Waals surface area contributed by atoms with Gasteiger partial charge in [0.25, 0.3) is 0 Å². The molecule has 1 atom stereocenters. The third-order valence-corrected chi connectivity index (χ3v) is 5.11. The molecule has 1 saturated heterocycles. The fourth-order valence-corrected chi connectivity index (χ4v) is 3.53.